The molecule has 0 aliphatic carbocycles. The first-order valence-corrected chi connectivity index (χ1v) is 6.29. The fourth-order valence-electron chi connectivity index (χ4n) is 1.65. The van der Waals surface area contributed by atoms with Crippen molar-refractivity contribution in [1.29, 1.82) is 0 Å². The molecule has 0 saturated carbocycles. The van der Waals surface area contributed by atoms with Gasteiger partial charge in [0.2, 0.25) is 0 Å². The highest BCUT2D eigenvalue weighted by Crippen LogP contribution is 2.09. The Bertz CT molecular complexity index is 445. The van der Waals surface area contributed by atoms with Crippen molar-refractivity contribution in [3.8, 4) is 0 Å². The maximum absolute atomic E-state index is 12.3. The Hall–Kier alpha value is -2.08. The molecule has 0 bridgehead atoms. The second kappa shape index (κ2) is 8.16. The molecule has 0 aliphatic rings. The highest BCUT2D eigenvalue weighted by molar-refractivity contribution is 5.94. The molecule has 20 heavy (non-hydrogen) atoms. The number of amides is 1. The number of nitrogen functional groups attached to an aromatic ring is 1. The maximum Gasteiger partial charge on any atom is 0.307 e. The first kappa shape index (κ1) is 16.0. The molecular weight excluding hydrogens is 260 g/mol. The Morgan fingerprint density at radius 2 is 1.80 bits per heavy atom. The van der Waals surface area contributed by atoms with Gasteiger partial charge in [0.15, 0.2) is 0 Å². The van der Waals surface area contributed by atoms with Crippen molar-refractivity contribution in [1.82, 2.24) is 4.90 Å². The predicted octanol–water partition coefficient (Wildman–Crippen LogP) is 0.920. The number of hydrogen-bond acceptors (Lipinski definition) is 5. The van der Waals surface area contributed by atoms with Crippen LogP contribution in [0.4, 0.5) is 5.69 Å². The van der Waals surface area contributed by atoms with Crippen LogP contribution in [0.5, 0.6) is 0 Å². The first-order valence-electron chi connectivity index (χ1n) is 6.29. The van der Waals surface area contributed by atoms with Gasteiger partial charge in [0, 0.05) is 31.5 Å². The average Bonchev–Trinajstić information content (AvgIpc) is 2.47. The van der Waals surface area contributed by atoms with Crippen molar-refractivity contribution >= 4 is 17.6 Å². The molecule has 6 nitrogen and oxygen atoms in total. The van der Waals surface area contributed by atoms with Crippen molar-refractivity contribution in [2.24, 2.45) is 0 Å². The van der Waals surface area contributed by atoms with Gasteiger partial charge in [0.25, 0.3) is 5.91 Å². The minimum Gasteiger partial charge on any atom is -0.469 e. The van der Waals surface area contributed by atoms with Gasteiger partial charge in [0.05, 0.1) is 20.1 Å². The van der Waals surface area contributed by atoms with Crippen LogP contribution in [-0.2, 0) is 14.3 Å². The molecule has 0 heterocycles. The van der Waals surface area contributed by atoms with Gasteiger partial charge in [-0.2, -0.15) is 0 Å². The molecule has 0 saturated heterocycles. The number of carbonyl (C=O) groups is 2. The molecule has 1 aromatic carbocycles. The number of anilines is 1. The second-order valence-corrected chi connectivity index (χ2v) is 4.23. The van der Waals surface area contributed by atoms with E-state index in [-0.39, 0.29) is 18.3 Å². The lowest BCUT2D eigenvalue weighted by atomic mass is 10.1. The van der Waals surface area contributed by atoms with Crippen LogP contribution in [0.3, 0.4) is 0 Å². The summed E-state index contributed by atoms with van der Waals surface area (Å²) in [4.78, 5) is 25.1. The number of esters is 1. The van der Waals surface area contributed by atoms with Crippen molar-refractivity contribution in [2.45, 2.75) is 6.42 Å². The van der Waals surface area contributed by atoms with Crippen LogP contribution in [0, 0.1) is 0 Å². The summed E-state index contributed by atoms with van der Waals surface area (Å²) in [6.07, 6.45) is 0.154. The van der Waals surface area contributed by atoms with Crippen molar-refractivity contribution in [2.75, 3.05) is 39.6 Å². The summed E-state index contributed by atoms with van der Waals surface area (Å²) in [6.45, 7) is 1.11. The number of carbonyl (C=O) groups excluding carboxylic acids is 2. The first-order chi connectivity index (χ1) is 9.58. The zero-order valence-electron chi connectivity index (χ0n) is 11.8. The lowest BCUT2D eigenvalue weighted by molar-refractivity contribution is -0.140. The second-order valence-electron chi connectivity index (χ2n) is 4.23. The van der Waals surface area contributed by atoms with Gasteiger partial charge in [-0.05, 0) is 24.3 Å². The molecule has 0 atom stereocenters. The summed E-state index contributed by atoms with van der Waals surface area (Å²) in [5.74, 6) is -0.511. The summed E-state index contributed by atoms with van der Waals surface area (Å²) in [6, 6.07) is 6.66. The van der Waals surface area contributed by atoms with Gasteiger partial charge in [-0.1, -0.05) is 0 Å². The zero-order chi connectivity index (χ0) is 15.0. The van der Waals surface area contributed by atoms with Crippen LogP contribution >= 0.6 is 0 Å². The topological polar surface area (TPSA) is 81.9 Å². The normalized spacial score (nSPS) is 10.1. The van der Waals surface area contributed by atoms with E-state index in [9.17, 15) is 9.59 Å². The highest BCUT2D eigenvalue weighted by Gasteiger charge is 2.16. The number of ether oxygens (including phenoxy) is 2. The minimum atomic E-state index is -0.350. The zero-order valence-corrected chi connectivity index (χ0v) is 11.8. The van der Waals surface area contributed by atoms with Crippen LogP contribution in [-0.4, -0.2) is 50.7 Å². The summed E-state index contributed by atoms with van der Waals surface area (Å²) in [5.41, 5.74) is 6.72. The summed E-state index contributed by atoms with van der Waals surface area (Å²) in [5, 5.41) is 0. The molecule has 1 rings (SSSR count). The van der Waals surface area contributed by atoms with E-state index in [2.05, 4.69) is 4.74 Å². The lowest BCUT2D eigenvalue weighted by Crippen LogP contribution is -2.35. The molecule has 0 radical (unpaired) electrons. The third-order valence-electron chi connectivity index (χ3n) is 2.82. The Kier molecular flexibility index (Phi) is 6.52. The van der Waals surface area contributed by atoms with Crippen LogP contribution in [0.25, 0.3) is 0 Å². The molecule has 0 fully saturated rings. The number of benzene rings is 1. The highest BCUT2D eigenvalue weighted by atomic mass is 16.5. The number of rotatable bonds is 7. The maximum atomic E-state index is 12.3. The monoisotopic (exact) mass is 280 g/mol. The number of nitrogens with two attached hydrogens (primary N) is 1. The minimum absolute atomic E-state index is 0.154. The van der Waals surface area contributed by atoms with Gasteiger partial charge < -0.3 is 20.1 Å². The molecule has 2 N–H and O–H groups in total. The molecule has 1 aromatic rings. The fourth-order valence-corrected chi connectivity index (χ4v) is 1.65. The Balaban J connectivity index is 2.72. The molecular formula is C14H20N2O4. The Labute approximate surface area is 118 Å². The van der Waals surface area contributed by atoms with E-state index in [0.717, 1.165) is 0 Å². The van der Waals surface area contributed by atoms with Gasteiger partial charge in [-0.3, -0.25) is 9.59 Å². The van der Waals surface area contributed by atoms with E-state index < -0.39 is 0 Å². The average molecular weight is 280 g/mol. The van der Waals surface area contributed by atoms with Crippen LogP contribution in [0.1, 0.15) is 16.8 Å². The van der Waals surface area contributed by atoms with Crippen molar-refractivity contribution in [3.05, 3.63) is 29.8 Å². The smallest absolute Gasteiger partial charge is 0.307 e. The van der Waals surface area contributed by atoms with E-state index in [1.165, 1.54) is 7.11 Å². The quantitative estimate of drug-likeness (QED) is 0.593. The number of methoxy groups -OCH3 is 2. The third-order valence-corrected chi connectivity index (χ3v) is 2.82. The van der Waals surface area contributed by atoms with Crippen LogP contribution in [0.15, 0.2) is 24.3 Å². The van der Waals surface area contributed by atoms with Gasteiger partial charge in [-0.15, -0.1) is 0 Å². The molecule has 0 aliphatic heterocycles. The summed E-state index contributed by atoms with van der Waals surface area (Å²) >= 11 is 0. The third kappa shape index (κ3) is 4.89. The Morgan fingerprint density at radius 1 is 1.15 bits per heavy atom. The van der Waals surface area contributed by atoms with Gasteiger partial charge in [0.1, 0.15) is 0 Å². The Morgan fingerprint density at radius 3 is 2.35 bits per heavy atom. The SMILES string of the molecule is COCCN(CCC(=O)OC)C(=O)c1ccc(N)cc1. The van der Waals surface area contributed by atoms with E-state index in [0.29, 0.717) is 30.9 Å². The summed E-state index contributed by atoms with van der Waals surface area (Å²) < 4.78 is 9.56. The van der Waals surface area contributed by atoms with E-state index in [1.807, 2.05) is 0 Å². The molecule has 0 unspecified atom stereocenters. The number of hydrogen-bond donors (Lipinski definition) is 1. The van der Waals surface area contributed by atoms with E-state index in [1.54, 1.807) is 36.3 Å². The molecule has 6 heteroatoms. The van der Waals surface area contributed by atoms with Crippen molar-refractivity contribution < 1.29 is 19.1 Å². The fraction of sp³-hybridized carbons (Fsp3) is 0.429. The summed E-state index contributed by atoms with van der Waals surface area (Å²) in [7, 11) is 2.88. The predicted molar refractivity (Wildman–Crippen MR) is 75.3 cm³/mol. The standard InChI is InChI=1S/C14H20N2O4/c1-19-10-9-16(8-7-13(17)20-2)14(18)11-3-5-12(15)6-4-11/h3-6H,7-10,15H2,1-2H3. The van der Waals surface area contributed by atoms with Gasteiger partial charge in [-0.25, -0.2) is 0 Å². The lowest BCUT2D eigenvalue weighted by Gasteiger charge is -2.22. The van der Waals surface area contributed by atoms with Crippen LogP contribution in [0.2, 0.25) is 0 Å². The molecule has 0 aromatic heterocycles. The van der Waals surface area contributed by atoms with Crippen LogP contribution < -0.4 is 5.73 Å². The van der Waals surface area contributed by atoms with Gasteiger partial charge >= 0.3 is 5.97 Å². The number of nitrogens with zero attached hydrogens (tertiary/aromatic N) is 1. The van der Waals surface area contributed by atoms with Crippen molar-refractivity contribution in [3.63, 3.8) is 0 Å². The van der Waals surface area contributed by atoms with E-state index >= 15 is 0 Å². The van der Waals surface area contributed by atoms with E-state index in [4.69, 9.17) is 10.5 Å². The largest absolute Gasteiger partial charge is 0.469 e. The molecule has 110 valence electrons. The molecule has 1 amide bonds. The molecule has 0 spiro atoms.